The number of amides is 8. The van der Waals surface area contributed by atoms with Crippen LogP contribution in [0.5, 0.6) is 5.75 Å². The summed E-state index contributed by atoms with van der Waals surface area (Å²) in [5.41, 5.74) is 11.8. The topological polar surface area (TPSA) is 412 Å². The number of alkyl halides is 17. The number of nitrogens with zero attached hydrogens (tertiary/aromatic N) is 3. The van der Waals surface area contributed by atoms with Crippen LogP contribution in [-0.2, 0) is 67.2 Å². The molecule has 0 unspecified atom stereocenters. The van der Waals surface area contributed by atoms with Crippen molar-refractivity contribution in [2.75, 3.05) is 19.6 Å². The van der Waals surface area contributed by atoms with Crippen LogP contribution in [-0.4, -0.2) is 205 Å². The normalized spacial score (nSPS) is 14.6. The molecule has 0 saturated heterocycles. The molecule has 0 spiro atoms. The second-order valence-corrected chi connectivity index (χ2v) is 24.0. The summed E-state index contributed by atoms with van der Waals surface area (Å²) in [6, 6.07) is 0.557. The number of aliphatic imine (C=N–C) groups is 1. The molecule has 104 heavy (non-hydrogen) atoms. The molecule has 7 atom stereocenters. The number of aromatic hydroxyl groups is 1. The van der Waals surface area contributed by atoms with E-state index in [1.54, 1.807) is 44.2 Å². The number of carbonyl (C=O) groups excluding carboxylic acids is 8. The molecule has 1 heterocycles. The molecule has 2 aromatic carbocycles. The number of phenolic OH excluding ortho intramolecular Hbond substituents is 1. The van der Waals surface area contributed by atoms with E-state index in [0.29, 0.717) is 24.1 Å². The van der Waals surface area contributed by atoms with Gasteiger partial charge in [0.15, 0.2) is 5.96 Å². The Balaban J connectivity index is 1.97. The number of carboxylic acid groups (broad SMARTS) is 2. The van der Waals surface area contributed by atoms with Gasteiger partial charge >= 0.3 is 59.6 Å². The highest BCUT2D eigenvalue weighted by atomic mass is 19.4. The smallest absolute Gasteiger partial charge is 0.460 e. The maximum Gasteiger partial charge on any atom is 0.460 e. The summed E-state index contributed by atoms with van der Waals surface area (Å²) in [7, 11) is 0. The van der Waals surface area contributed by atoms with Crippen molar-refractivity contribution >= 4 is 65.2 Å². The first-order valence-corrected chi connectivity index (χ1v) is 31.3. The predicted molar refractivity (Wildman–Crippen MR) is 329 cm³/mol. The molecule has 0 aliphatic rings. The van der Waals surface area contributed by atoms with Crippen LogP contribution in [0.1, 0.15) is 102 Å². The second kappa shape index (κ2) is 37.1. The summed E-state index contributed by atoms with van der Waals surface area (Å²) < 4.78 is 236. The fourth-order valence-corrected chi connectivity index (χ4v) is 9.66. The summed E-state index contributed by atoms with van der Waals surface area (Å²) in [6.45, 7) is 4.90. The number of aliphatic carboxylic acids is 2. The fraction of sp³-hybridized carbons (Fsp3) is 0.574. The second-order valence-electron chi connectivity index (χ2n) is 24.0. The summed E-state index contributed by atoms with van der Waals surface area (Å²) in [5.74, 6) is -74.9. The average molecular weight is 1520 g/mol. The van der Waals surface area contributed by atoms with Gasteiger partial charge in [-0.2, -0.15) is 74.6 Å². The Labute approximate surface area is 580 Å². The Bertz CT molecular complexity index is 3450. The predicted octanol–water partition coefficient (Wildman–Crippen LogP) is 5.02. The third-order valence-electron chi connectivity index (χ3n) is 15.5. The Hall–Kier alpha value is -9.77. The molecule has 0 aliphatic carbocycles. The van der Waals surface area contributed by atoms with Crippen molar-refractivity contribution in [2.45, 2.75) is 195 Å². The molecule has 0 bridgehead atoms. The molecule has 15 N–H and O–H groups in total. The minimum absolute atomic E-state index is 0.0631. The number of carboxylic acids is 2. The quantitative estimate of drug-likeness (QED) is 0.0153. The first kappa shape index (κ1) is 88.4. The van der Waals surface area contributed by atoms with E-state index < -0.39 is 200 Å². The maximum atomic E-state index is 14.8. The standard InChI is InChI=1S/C61H76F17N13O13/c1-5-7-23-91(29-43(94)85-41(52(103)104)25-32-13-9-8-10-14-32)51(102)40(26-34-28-81-30-83-34)89-46(97)36(12-6-2)86-48(99)38(24-33-16-18-35(92)19-17-33)88-50(101)45(31(3)4)90-47(98)37(15-11-22-82-53(79)80)87-49(100)39(27-44(95)96)84-42(93)20-21-54(62,63)55(64,65)56(66,67)57(68,69)58(70,71)59(72,73)60(74,75)61(76,77)78/h8-10,13-14,16-19,28,30-31,36-41,45,92H,5-7,11-12,15,20-27,29H2,1-4H3,(H,81,83)(H,84,93)(H,85,94)(H,86,99)(H,87,100)(H,88,101)(H,89,97)(H,90,98)(H,95,96)(H,103,104)(H4,79,80,82)/t36-,37-,38-,39-,40-,41-,45-/m0/s1. The van der Waals surface area contributed by atoms with Crippen molar-refractivity contribution < 1.29 is 138 Å². The number of unbranched alkanes of at least 4 members (excludes halogenated alkanes) is 1. The Kier molecular flexibility index (Phi) is 31.5. The Morgan fingerprint density at radius 2 is 1.04 bits per heavy atom. The van der Waals surface area contributed by atoms with Crippen molar-refractivity contribution in [1.29, 1.82) is 0 Å². The van der Waals surface area contributed by atoms with Crippen LogP contribution >= 0.6 is 0 Å². The van der Waals surface area contributed by atoms with Gasteiger partial charge in [0, 0.05) is 57.1 Å². The average Bonchev–Trinajstić information content (AvgIpc) is 0.719. The lowest BCUT2D eigenvalue weighted by atomic mass is 9.88. The number of nitrogens with one attached hydrogen (secondary N) is 8. The molecule has 26 nitrogen and oxygen atoms in total. The van der Waals surface area contributed by atoms with Gasteiger partial charge in [-0.15, -0.1) is 0 Å². The number of halogens is 17. The van der Waals surface area contributed by atoms with Crippen LogP contribution in [0.2, 0.25) is 0 Å². The van der Waals surface area contributed by atoms with Gasteiger partial charge in [-0.05, 0) is 54.9 Å². The number of hydrogen-bond acceptors (Lipinski definition) is 13. The van der Waals surface area contributed by atoms with Gasteiger partial charge in [0.1, 0.15) is 48.0 Å². The van der Waals surface area contributed by atoms with Gasteiger partial charge in [-0.3, -0.25) is 48.1 Å². The number of imidazole rings is 1. The van der Waals surface area contributed by atoms with Crippen LogP contribution in [0.4, 0.5) is 74.6 Å². The van der Waals surface area contributed by atoms with E-state index in [1.165, 1.54) is 56.0 Å². The van der Waals surface area contributed by atoms with E-state index in [2.05, 4.69) is 41.5 Å². The van der Waals surface area contributed by atoms with Gasteiger partial charge < -0.3 is 73.9 Å². The molecule has 0 saturated carbocycles. The van der Waals surface area contributed by atoms with E-state index in [0.717, 1.165) is 4.90 Å². The number of benzene rings is 2. The summed E-state index contributed by atoms with van der Waals surface area (Å²) in [5, 5.41) is 45.1. The molecule has 0 radical (unpaired) electrons. The van der Waals surface area contributed by atoms with Crippen LogP contribution in [0.3, 0.4) is 0 Å². The summed E-state index contributed by atoms with van der Waals surface area (Å²) >= 11 is 0. The number of H-pyrrole nitrogens is 1. The van der Waals surface area contributed by atoms with E-state index in [1.807, 2.05) is 5.32 Å². The zero-order valence-electron chi connectivity index (χ0n) is 55.4. The van der Waals surface area contributed by atoms with Crippen molar-refractivity contribution in [2.24, 2.45) is 22.4 Å². The zero-order chi connectivity index (χ0) is 79.3. The summed E-state index contributed by atoms with van der Waals surface area (Å²) in [6.07, 6.45) is -13.9. The molecule has 582 valence electrons. The Morgan fingerprint density at radius 3 is 1.55 bits per heavy atom. The lowest BCUT2D eigenvalue weighted by Crippen LogP contribution is -2.74. The van der Waals surface area contributed by atoms with Crippen LogP contribution in [0.15, 0.2) is 72.1 Å². The Morgan fingerprint density at radius 1 is 0.548 bits per heavy atom. The maximum absolute atomic E-state index is 14.8. The molecular weight excluding hydrogens is 1450 g/mol. The van der Waals surface area contributed by atoms with Gasteiger partial charge in [-0.25, -0.2) is 9.78 Å². The highest BCUT2D eigenvalue weighted by Gasteiger charge is 2.95. The zero-order valence-corrected chi connectivity index (χ0v) is 55.4. The van der Waals surface area contributed by atoms with Crippen molar-refractivity contribution in [3.05, 3.63) is 83.9 Å². The molecule has 1 aromatic heterocycles. The number of phenols is 1. The van der Waals surface area contributed by atoms with E-state index in [9.17, 15) is 138 Å². The molecule has 3 rings (SSSR count). The first-order chi connectivity index (χ1) is 47.9. The number of carbonyl (C=O) groups is 10. The van der Waals surface area contributed by atoms with Gasteiger partial charge in [0.25, 0.3) is 0 Å². The molecule has 3 aromatic rings. The minimum atomic E-state index is -8.94. The number of guanidine groups is 1. The lowest BCUT2D eigenvalue weighted by Gasteiger charge is -2.42. The molecule has 43 heteroatoms. The van der Waals surface area contributed by atoms with E-state index in [-0.39, 0.29) is 56.5 Å². The van der Waals surface area contributed by atoms with Gasteiger partial charge in [-0.1, -0.05) is 83.0 Å². The highest BCUT2D eigenvalue weighted by Crippen LogP contribution is 2.64. The van der Waals surface area contributed by atoms with Crippen LogP contribution in [0.25, 0.3) is 0 Å². The molecular formula is C61H76F17N13O13. The largest absolute Gasteiger partial charge is 0.508 e. The number of nitrogens with two attached hydrogens (primary N) is 2. The molecule has 0 fully saturated rings. The van der Waals surface area contributed by atoms with Crippen molar-refractivity contribution in [1.82, 2.24) is 52.1 Å². The lowest BCUT2D eigenvalue weighted by molar-refractivity contribution is -0.461. The monoisotopic (exact) mass is 1520 g/mol. The van der Waals surface area contributed by atoms with Gasteiger partial charge in [0.05, 0.1) is 19.3 Å². The number of hydrogen-bond donors (Lipinski definition) is 13. The van der Waals surface area contributed by atoms with Crippen molar-refractivity contribution in [3.8, 4) is 5.75 Å². The van der Waals surface area contributed by atoms with Gasteiger partial charge in [0.2, 0.25) is 47.3 Å². The third-order valence-corrected chi connectivity index (χ3v) is 15.5. The van der Waals surface area contributed by atoms with E-state index >= 15 is 0 Å². The first-order valence-electron chi connectivity index (χ1n) is 31.3. The van der Waals surface area contributed by atoms with Crippen LogP contribution < -0.4 is 48.7 Å². The third kappa shape index (κ3) is 23.1. The van der Waals surface area contributed by atoms with E-state index in [4.69, 9.17) is 11.5 Å². The number of aromatic amines is 1. The SMILES string of the molecule is CCCCN(CC(=O)N[C@@H](Cc1ccccc1)C(=O)O)C(=O)[C@H](Cc1cnc[nH]1)NC(=O)[C@H](CCC)NC(=O)[C@H](Cc1ccc(O)cc1)NC(=O)[C@@H](NC(=O)[C@H](CCCN=C(N)N)NC(=O)[C@H](CC(=O)O)NC(=O)CCC(F)(F)C(F)(F)C(F)(F)C(F)(F)C(F)(F)C(F)(F)C(F)(F)C(F)(F)F)C(C)C. The molecule has 0 aliphatic heterocycles. The fourth-order valence-electron chi connectivity index (χ4n) is 9.66. The van der Waals surface area contributed by atoms with Crippen molar-refractivity contribution in [3.63, 3.8) is 0 Å². The van der Waals surface area contributed by atoms with Crippen LogP contribution in [0, 0.1) is 5.92 Å². The number of aromatic nitrogens is 2. The minimum Gasteiger partial charge on any atom is -0.508 e. The molecule has 8 amide bonds. The highest BCUT2D eigenvalue weighted by molar-refractivity contribution is 5.98. The summed E-state index contributed by atoms with van der Waals surface area (Å²) in [4.78, 5) is 148. The number of rotatable bonds is 43.